The number of likely N-dealkylation sites (tertiary alicyclic amines) is 1. The molecule has 1 aliphatic heterocycles. The van der Waals surface area contributed by atoms with E-state index in [2.05, 4.69) is 6.92 Å². The molecule has 1 fully saturated rings. The number of nitrogens with zero attached hydrogens (tertiary/aromatic N) is 1. The third-order valence-electron chi connectivity index (χ3n) is 3.61. The van der Waals surface area contributed by atoms with E-state index in [0.29, 0.717) is 5.92 Å². The van der Waals surface area contributed by atoms with Crippen LogP contribution >= 0.6 is 23.1 Å². The van der Waals surface area contributed by atoms with E-state index in [1.165, 1.54) is 0 Å². The van der Waals surface area contributed by atoms with E-state index in [-0.39, 0.29) is 11.9 Å². The lowest BCUT2D eigenvalue weighted by Gasteiger charge is -2.33. The number of hydrogen-bond donors (Lipinski definition) is 1. The van der Waals surface area contributed by atoms with Gasteiger partial charge in [0.2, 0.25) is 0 Å². The van der Waals surface area contributed by atoms with Crippen LogP contribution in [-0.4, -0.2) is 36.2 Å². The Hall–Kier alpha value is -0.520. The molecule has 1 aromatic rings. The summed E-state index contributed by atoms with van der Waals surface area (Å²) < 4.78 is 0. The van der Waals surface area contributed by atoms with Gasteiger partial charge in [-0.15, -0.1) is 23.1 Å². The molecule has 0 aliphatic carbocycles. The van der Waals surface area contributed by atoms with Gasteiger partial charge in [0.05, 0.1) is 0 Å². The van der Waals surface area contributed by atoms with Gasteiger partial charge in [-0.3, -0.25) is 4.79 Å². The minimum atomic E-state index is 0.192. The molecule has 1 aliphatic rings. The molecular weight excluding hydrogens is 264 g/mol. The van der Waals surface area contributed by atoms with Gasteiger partial charge < -0.3 is 10.6 Å². The van der Waals surface area contributed by atoms with Crippen molar-refractivity contribution in [3.05, 3.63) is 16.3 Å². The number of carbonyl (C=O) groups is 1. The molecule has 18 heavy (non-hydrogen) atoms. The number of thioether (sulfide) groups is 1. The van der Waals surface area contributed by atoms with E-state index in [4.69, 9.17) is 5.73 Å². The first-order valence-electron chi connectivity index (χ1n) is 6.29. The van der Waals surface area contributed by atoms with E-state index < -0.39 is 0 Å². The lowest BCUT2D eigenvalue weighted by molar-refractivity contribution is 0.0683. The van der Waals surface area contributed by atoms with Gasteiger partial charge in [-0.2, -0.15) is 0 Å². The molecule has 2 heterocycles. The van der Waals surface area contributed by atoms with Crippen LogP contribution in [0.3, 0.4) is 0 Å². The van der Waals surface area contributed by atoms with E-state index in [1.54, 1.807) is 23.1 Å². The molecule has 0 radical (unpaired) electrons. The number of nitrogens with two attached hydrogens (primary N) is 1. The van der Waals surface area contributed by atoms with Crippen LogP contribution in [-0.2, 0) is 0 Å². The van der Waals surface area contributed by atoms with Crippen molar-refractivity contribution in [2.75, 3.05) is 19.3 Å². The van der Waals surface area contributed by atoms with Gasteiger partial charge in [0, 0.05) is 24.0 Å². The summed E-state index contributed by atoms with van der Waals surface area (Å²) in [5, 5.41) is 1.99. The summed E-state index contributed by atoms with van der Waals surface area (Å²) in [7, 11) is 0. The molecule has 0 spiro atoms. The summed E-state index contributed by atoms with van der Waals surface area (Å²) in [6, 6.07) is 2.27. The molecule has 2 N–H and O–H groups in total. The zero-order valence-electron chi connectivity index (χ0n) is 10.9. The van der Waals surface area contributed by atoms with Gasteiger partial charge in [-0.25, -0.2) is 0 Å². The summed E-state index contributed by atoms with van der Waals surface area (Å²) in [5.41, 5.74) is 5.92. The van der Waals surface area contributed by atoms with Gasteiger partial charge in [0.15, 0.2) is 0 Å². The first-order valence-corrected chi connectivity index (χ1v) is 8.40. The zero-order chi connectivity index (χ0) is 13.1. The molecule has 1 unspecified atom stereocenters. The number of carbonyl (C=O) groups excluding carboxylic acids is 1. The third-order valence-corrected chi connectivity index (χ3v) is 5.43. The topological polar surface area (TPSA) is 46.3 Å². The smallest absolute Gasteiger partial charge is 0.265 e. The van der Waals surface area contributed by atoms with Gasteiger partial charge in [0.25, 0.3) is 5.91 Å². The van der Waals surface area contributed by atoms with Crippen LogP contribution in [0.4, 0.5) is 0 Å². The zero-order valence-corrected chi connectivity index (χ0v) is 12.5. The van der Waals surface area contributed by atoms with Crippen molar-refractivity contribution < 1.29 is 4.79 Å². The third kappa shape index (κ3) is 2.90. The fraction of sp³-hybridized carbons (Fsp3) is 0.615. The van der Waals surface area contributed by atoms with Crippen molar-refractivity contribution in [2.24, 2.45) is 11.7 Å². The van der Waals surface area contributed by atoms with Crippen LogP contribution in [0.5, 0.6) is 0 Å². The van der Waals surface area contributed by atoms with Crippen molar-refractivity contribution in [2.45, 2.75) is 30.7 Å². The first kappa shape index (κ1) is 13.9. The molecule has 5 heteroatoms. The lowest BCUT2D eigenvalue weighted by Crippen LogP contribution is -2.42. The van der Waals surface area contributed by atoms with Crippen LogP contribution in [0.2, 0.25) is 0 Å². The molecule has 0 saturated carbocycles. The van der Waals surface area contributed by atoms with E-state index in [0.717, 1.165) is 35.7 Å². The second-order valence-electron chi connectivity index (χ2n) is 4.81. The van der Waals surface area contributed by atoms with Gasteiger partial charge in [0.1, 0.15) is 4.88 Å². The van der Waals surface area contributed by atoms with Crippen LogP contribution in [0.1, 0.15) is 29.4 Å². The highest BCUT2D eigenvalue weighted by Crippen LogP contribution is 2.28. The lowest BCUT2D eigenvalue weighted by atomic mass is 9.91. The number of rotatable bonds is 3. The van der Waals surface area contributed by atoms with Gasteiger partial charge >= 0.3 is 0 Å². The summed E-state index contributed by atoms with van der Waals surface area (Å²) in [6.45, 7) is 3.75. The summed E-state index contributed by atoms with van der Waals surface area (Å²) in [5.74, 6) is 0.759. The maximum atomic E-state index is 12.4. The Labute approximate surface area is 117 Å². The Balaban J connectivity index is 2.00. The van der Waals surface area contributed by atoms with Crippen LogP contribution in [0.15, 0.2) is 16.3 Å². The van der Waals surface area contributed by atoms with E-state index in [9.17, 15) is 4.79 Å². The summed E-state index contributed by atoms with van der Waals surface area (Å²) >= 11 is 3.19. The molecule has 1 atom stereocenters. The number of amides is 1. The maximum absolute atomic E-state index is 12.4. The van der Waals surface area contributed by atoms with Crippen molar-refractivity contribution in [1.29, 1.82) is 0 Å². The number of piperidine rings is 1. The molecule has 0 bridgehead atoms. The standard InChI is InChI=1S/C13H20N2OS2/c1-9(14)10-3-6-15(7-4-10)13(16)12-11(17-2)5-8-18-12/h5,8-10H,3-4,6-7,14H2,1-2H3. The summed E-state index contributed by atoms with van der Waals surface area (Å²) in [4.78, 5) is 16.4. The Kier molecular flexibility index (Phi) is 4.70. The fourth-order valence-corrected chi connectivity index (χ4v) is 4.10. The van der Waals surface area contributed by atoms with E-state index >= 15 is 0 Å². The Morgan fingerprint density at radius 3 is 2.78 bits per heavy atom. The average Bonchev–Trinajstić information content (AvgIpc) is 2.86. The SMILES string of the molecule is CSc1ccsc1C(=O)N1CCC(C(C)N)CC1. The van der Waals surface area contributed by atoms with E-state index in [1.807, 2.05) is 22.6 Å². The quantitative estimate of drug-likeness (QED) is 0.868. The molecule has 2 rings (SSSR count). The van der Waals surface area contributed by atoms with Crippen LogP contribution in [0.25, 0.3) is 0 Å². The van der Waals surface area contributed by atoms with Crippen molar-refractivity contribution in [3.63, 3.8) is 0 Å². The second kappa shape index (κ2) is 6.08. The van der Waals surface area contributed by atoms with Crippen LogP contribution in [0, 0.1) is 5.92 Å². The number of thiophene rings is 1. The minimum Gasteiger partial charge on any atom is -0.338 e. The largest absolute Gasteiger partial charge is 0.338 e. The Morgan fingerprint density at radius 2 is 2.22 bits per heavy atom. The molecule has 0 aromatic carbocycles. The van der Waals surface area contributed by atoms with Gasteiger partial charge in [-0.1, -0.05) is 0 Å². The van der Waals surface area contributed by atoms with Gasteiger partial charge in [-0.05, 0) is 43.4 Å². The highest BCUT2D eigenvalue weighted by molar-refractivity contribution is 7.98. The monoisotopic (exact) mass is 284 g/mol. The first-order chi connectivity index (χ1) is 8.63. The molecule has 100 valence electrons. The normalized spacial score (nSPS) is 18.9. The second-order valence-corrected chi connectivity index (χ2v) is 6.57. The van der Waals surface area contributed by atoms with Crippen molar-refractivity contribution in [3.8, 4) is 0 Å². The Morgan fingerprint density at radius 1 is 1.56 bits per heavy atom. The molecular formula is C13H20N2OS2. The predicted octanol–water partition coefficient (Wildman–Crippen LogP) is 2.67. The highest BCUT2D eigenvalue weighted by Gasteiger charge is 2.26. The molecule has 1 amide bonds. The predicted molar refractivity (Wildman–Crippen MR) is 78.4 cm³/mol. The highest BCUT2D eigenvalue weighted by atomic mass is 32.2. The molecule has 1 aromatic heterocycles. The molecule has 3 nitrogen and oxygen atoms in total. The van der Waals surface area contributed by atoms with Crippen LogP contribution < -0.4 is 5.73 Å². The fourth-order valence-electron chi connectivity index (χ4n) is 2.39. The minimum absolute atomic E-state index is 0.192. The maximum Gasteiger partial charge on any atom is 0.265 e. The van der Waals surface area contributed by atoms with Crippen molar-refractivity contribution >= 4 is 29.0 Å². The summed E-state index contributed by atoms with van der Waals surface area (Å²) in [6.07, 6.45) is 4.08. The Bertz CT molecular complexity index is 409. The average molecular weight is 284 g/mol. The molecule has 1 saturated heterocycles. The number of hydrogen-bond acceptors (Lipinski definition) is 4. The van der Waals surface area contributed by atoms with Crippen molar-refractivity contribution in [1.82, 2.24) is 4.90 Å².